The fraction of sp³-hybridized carbons (Fsp3) is 0.150. The van der Waals surface area contributed by atoms with Crippen LogP contribution in [-0.2, 0) is 9.63 Å². The van der Waals surface area contributed by atoms with E-state index in [0.717, 1.165) is 0 Å². The van der Waals surface area contributed by atoms with Gasteiger partial charge in [0, 0.05) is 10.8 Å². The van der Waals surface area contributed by atoms with Gasteiger partial charge in [-0.3, -0.25) is 4.79 Å². The van der Waals surface area contributed by atoms with Crippen LogP contribution in [-0.4, -0.2) is 18.0 Å². The lowest BCUT2D eigenvalue weighted by Crippen LogP contribution is -2.36. The van der Waals surface area contributed by atoms with Crippen LogP contribution in [0, 0.1) is 11.3 Å². The van der Waals surface area contributed by atoms with Crippen molar-refractivity contribution in [1.29, 1.82) is 5.26 Å². The molecule has 27 heavy (non-hydrogen) atoms. The molecule has 1 amide bonds. The van der Waals surface area contributed by atoms with Gasteiger partial charge >= 0.3 is 5.97 Å². The Bertz CT molecular complexity index is 1000. The molecule has 0 bridgehead atoms. The van der Waals surface area contributed by atoms with Gasteiger partial charge in [0.05, 0.1) is 29.7 Å². The van der Waals surface area contributed by atoms with E-state index in [4.69, 9.17) is 14.0 Å². The zero-order valence-corrected chi connectivity index (χ0v) is 14.5. The van der Waals surface area contributed by atoms with E-state index in [-0.39, 0.29) is 11.1 Å². The van der Waals surface area contributed by atoms with E-state index in [9.17, 15) is 14.9 Å². The average Bonchev–Trinajstić information content (AvgIpc) is 3.18. The first-order valence-corrected chi connectivity index (χ1v) is 8.25. The van der Waals surface area contributed by atoms with Gasteiger partial charge in [0.1, 0.15) is 5.75 Å². The van der Waals surface area contributed by atoms with Crippen LogP contribution in [0.3, 0.4) is 0 Å². The topological polar surface area (TPSA) is 102 Å². The minimum absolute atomic E-state index is 0.0774. The average molecular weight is 364 g/mol. The number of carbonyl (C=O) groups is 2. The lowest BCUT2D eigenvalue weighted by molar-refractivity contribution is -0.157. The standard InChI is InChI=1S/C20H16N2O5/c1-2-17(26-15-6-4-3-5-7-15)20(24)27-22-19(23)18-13(10-21)8-9-14-11-25-12-16(14)18/h3-9,11-12,17H,2H2,1H3,(H,22,23). The molecular formula is C20H16N2O5. The normalized spacial score (nSPS) is 11.4. The Morgan fingerprint density at radius 2 is 1.96 bits per heavy atom. The molecule has 2 aromatic carbocycles. The monoisotopic (exact) mass is 364 g/mol. The van der Waals surface area contributed by atoms with Gasteiger partial charge in [-0.05, 0) is 30.7 Å². The van der Waals surface area contributed by atoms with E-state index >= 15 is 0 Å². The molecule has 0 radical (unpaired) electrons. The summed E-state index contributed by atoms with van der Waals surface area (Å²) in [6.07, 6.45) is 2.29. The SMILES string of the molecule is CCC(Oc1ccccc1)C(=O)ONC(=O)c1c(C#N)ccc2cocc12. The third-order valence-electron chi connectivity index (χ3n) is 3.91. The molecule has 0 aliphatic heterocycles. The Morgan fingerprint density at radius 1 is 1.19 bits per heavy atom. The van der Waals surface area contributed by atoms with Crippen LogP contribution in [0.2, 0.25) is 0 Å². The molecule has 0 saturated heterocycles. The number of benzene rings is 2. The van der Waals surface area contributed by atoms with Crippen molar-refractivity contribution in [2.75, 3.05) is 0 Å². The second-order valence-corrected chi connectivity index (χ2v) is 5.65. The Balaban J connectivity index is 1.71. The molecule has 1 N–H and O–H groups in total. The van der Waals surface area contributed by atoms with Crippen molar-refractivity contribution in [2.45, 2.75) is 19.4 Å². The summed E-state index contributed by atoms with van der Waals surface area (Å²) in [7, 11) is 0. The maximum absolute atomic E-state index is 12.5. The molecule has 1 atom stereocenters. The molecular weight excluding hydrogens is 348 g/mol. The molecule has 7 heteroatoms. The molecule has 0 aliphatic carbocycles. The van der Waals surface area contributed by atoms with E-state index in [1.165, 1.54) is 18.6 Å². The van der Waals surface area contributed by atoms with Gasteiger partial charge in [-0.1, -0.05) is 25.1 Å². The quantitative estimate of drug-likeness (QED) is 0.697. The van der Waals surface area contributed by atoms with E-state index in [1.807, 2.05) is 12.1 Å². The smallest absolute Gasteiger partial charge is 0.372 e. The number of hydrogen-bond acceptors (Lipinski definition) is 6. The number of fused-ring (bicyclic) bond motifs is 1. The largest absolute Gasteiger partial charge is 0.479 e. The van der Waals surface area contributed by atoms with Crippen molar-refractivity contribution in [3.05, 3.63) is 66.1 Å². The molecule has 136 valence electrons. The number of nitrogens with one attached hydrogen (secondary N) is 1. The van der Waals surface area contributed by atoms with Gasteiger partial charge in [0.2, 0.25) is 0 Å². The molecule has 0 saturated carbocycles. The summed E-state index contributed by atoms with van der Waals surface area (Å²) in [4.78, 5) is 29.6. The molecule has 3 rings (SSSR count). The number of amides is 1. The number of furan rings is 1. The molecule has 0 aliphatic rings. The fourth-order valence-electron chi connectivity index (χ4n) is 2.55. The van der Waals surface area contributed by atoms with Crippen molar-refractivity contribution >= 4 is 22.6 Å². The summed E-state index contributed by atoms with van der Waals surface area (Å²) < 4.78 is 10.7. The first kappa shape index (κ1) is 18.0. The van der Waals surface area contributed by atoms with Crippen LogP contribution < -0.4 is 10.2 Å². The number of nitriles is 1. The summed E-state index contributed by atoms with van der Waals surface area (Å²) in [6.45, 7) is 1.76. The van der Waals surface area contributed by atoms with E-state index in [1.54, 1.807) is 37.3 Å². The molecule has 1 aromatic heterocycles. The van der Waals surface area contributed by atoms with Crippen molar-refractivity contribution in [2.24, 2.45) is 0 Å². The molecule has 3 aromatic rings. The predicted molar refractivity (Wildman–Crippen MR) is 95.6 cm³/mol. The van der Waals surface area contributed by atoms with Crippen LogP contribution in [0.1, 0.15) is 29.3 Å². The molecule has 7 nitrogen and oxygen atoms in total. The number of nitrogens with zero attached hydrogens (tertiary/aromatic N) is 1. The summed E-state index contributed by atoms with van der Waals surface area (Å²) in [5.41, 5.74) is 2.32. The summed E-state index contributed by atoms with van der Waals surface area (Å²) >= 11 is 0. The molecule has 0 spiro atoms. The Hall–Kier alpha value is -3.79. The highest BCUT2D eigenvalue weighted by molar-refractivity contribution is 6.08. The van der Waals surface area contributed by atoms with Crippen molar-refractivity contribution in [3.63, 3.8) is 0 Å². The Labute approximate surface area is 155 Å². The second-order valence-electron chi connectivity index (χ2n) is 5.65. The predicted octanol–water partition coefficient (Wildman–Crippen LogP) is 3.35. The highest BCUT2D eigenvalue weighted by Gasteiger charge is 2.23. The van der Waals surface area contributed by atoms with Gasteiger partial charge in [-0.25, -0.2) is 4.79 Å². The Morgan fingerprint density at radius 3 is 2.67 bits per heavy atom. The van der Waals surface area contributed by atoms with Crippen LogP contribution in [0.15, 0.2) is 59.4 Å². The summed E-state index contributed by atoms with van der Waals surface area (Å²) in [6, 6.07) is 13.9. The third kappa shape index (κ3) is 3.90. The third-order valence-corrected chi connectivity index (χ3v) is 3.91. The van der Waals surface area contributed by atoms with Crippen LogP contribution in [0.4, 0.5) is 0 Å². The number of rotatable bonds is 5. The highest BCUT2D eigenvalue weighted by Crippen LogP contribution is 2.23. The first-order valence-electron chi connectivity index (χ1n) is 8.25. The van der Waals surface area contributed by atoms with E-state index in [2.05, 4.69) is 5.48 Å². The minimum Gasteiger partial charge on any atom is -0.479 e. The number of para-hydroxylation sites is 1. The van der Waals surface area contributed by atoms with E-state index < -0.39 is 18.0 Å². The molecule has 0 fully saturated rings. The van der Waals surface area contributed by atoms with Crippen molar-refractivity contribution in [1.82, 2.24) is 5.48 Å². The highest BCUT2D eigenvalue weighted by atomic mass is 16.7. The lowest BCUT2D eigenvalue weighted by atomic mass is 10.0. The number of hydrogen-bond donors (Lipinski definition) is 1. The zero-order valence-electron chi connectivity index (χ0n) is 14.5. The zero-order chi connectivity index (χ0) is 19.2. The van der Waals surface area contributed by atoms with Crippen LogP contribution in [0.5, 0.6) is 5.75 Å². The molecule has 1 unspecified atom stereocenters. The van der Waals surface area contributed by atoms with Crippen molar-refractivity contribution < 1.29 is 23.6 Å². The summed E-state index contributed by atoms with van der Waals surface area (Å²) in [5.74, 6) is -0.948. The van der Waals surface area contributed by atoms with Gasteiger partial charge in [0.15, 0.2) is 6.10 Å². The first-order chi connectivity index (χ1) is 13.1. The van der Waals surface area contributed by atoms with Crippen LogP contribution in [0.25, 0.3) is 10.8 Å². The maximum Gasteiger partial charge on any atom is 0.372 e. The molecule has 1 heterocycles. The number of ether oxygens (including phenoxy) is 1. The van der Waals surface area contributed by atoms with Crippen molar-refractivity contribution in [3.8, 4) is 11.8 Å². The van der Waals surface area contributed by atoms with E-state index in [0.29, 0.717) is 22.9 Å². The minimum atomic E-state index is -0.882. The fourth-order valence-corrected chi connectivity index (χ4v) is 2.55. The second kappa shape index (κ2) is 8.06. The van der Waals surface area contributed by atoms with Crippen LogP contribution >= 0.6 is 0 Å². The van der Waals surface area contributed by atoms with Gasteiger partial charge in [0.25, 0.3) is 5.91 Å². The lowest BCUT2D eigenvalue weighted by Gasteiger charge is -2.16. The van der Waals surface area contributed by atoms with Gasteiger partial charge in [-0.2, -0.15) is 10.7 Å². The van der Waals surface area contributed by atoms with Gasteiger partial charge in [-0.15, -0.1) is 0 Å². The maximum atomic E-state index is 12.5. The summed E-state index contributed by atoms with van der Waals surface area (Å²) in [5, 5.41) is 10.4. The number of hydroxylamine groups is 1. The number of carbonyl (C=O) groups excluding carboxylic acids is 2. The Kier molecular flexibility index (Phi) is 5.38. The van der Waals surface area contributed by atoms with Gasteiger partial charge < -0.3 is 14.0 Å².